The molecule has 5 nitrogen and oxygen atoms in total. The number of carbonyl (C=O) groups excluding carboxylic acids is 2. The van der Waals surface area contributed by atoms with Crippen molar-refractivity contribution in [3.63, 3.8) is 0 Å². The zero-order valence-electron chi connectivity index (χ0n) is 15.1. The molecule has 3 heterocycles. The number of anilines is 1. The number of hydrogen-bond acceptors (Lipinski definition) is 3. The van der Waals surface area contributed by atoms with E-state index in [1.54, 1.807) is 17.0 Å². The first kappa shape index (κ1) is 16.9. The number of nitrogens with zero attached hydrogens (tertiary/aromatic N) is 2. The van der Waals surface area contributed by atoms with Crippen molar-refractivity contribution in [2.24, 2.45) is 5.92 Å². The summed E-state index contributed by atoms with van der Waals surface area (Å²) in [7, 11) is 0. The first-order valence-electron chi connectivity index (χ1n) is 9.38. The molecule has 1 saturated heterocycles. The predicted octanol–water partition coefficient (Wildman–Crippen LogP) is 3.42. The molecule has 2 amide bonds. The summed E-state index contributed by atoms with van der Waals surface area (Å²) in [5, 5.41) is 0. The molecule has 0 N–H and O–H groups in total. The maximum absolute atomic E-state index is 13.2. The van der Waals surface area contributed by atoms with Crippen LogP contribution in [0.5, 0.6) is 0 Å². The van der Waals surface area contributed by atoms with Gasteiger partial charge in [0.2, 0.25) is 5.91 Å². The number of furan rings is 1. The van der Waals surface area contributed by atoms with Gasteiger partial charge in [0.25, 0.3) is 5.91 Å². The summed E-state index contributed by atoms with van der Waals surface area (Å²) in [6.45, 7) is 4.08. The van der Waals surface area contributed by atoms with Gasteiger partial charge in [0.1, 0.15) is 0 Å². The Morgan fingerprint density at radius 1 is 1.08 bits per heavy atom. The molecule has 0 spiro atoms. The lowest BCUT2D eigenvalue weighted by Gasteiger charge is -2.37. The van der Waals surface area contributed by atoms with Gasteiger partial charge in [-0.25, -0.2) is 0 Å². The average Bonchev–Trinajstić information content (AvgIpc) is 3.21. The third-order valence-electron chi connectivity index (χ3n) is 5.55. The van der Waals surface area contributed by atoms with Crippen LogP contribution in [0.1, 0.15) is 40.9 Å². The number of rotatable bonds is 2. The van der Waals surface area contributed by atoms with Crippen LogP contribution in [0.3, 0.4) is 0 Å². The average molecular weight is 352 g/mol. The molecular weight excluding hydrogens is 328 g/mol. The number of likely N-dealkylation sites (tertiary alicyclic amines) is 1. The maximum Gasteiger partial charge on any atom is 0.289 e. The minimum atomic E-state index is -0.0833. The van der Waals surface area contributed by atoms with Crippen LogP contribution in [-0.2, 0) is 11.2 Å². The number of carbonyl (C=O) groups is 2. The molecule has 26 heavy (non-hydrogen) atoms. The number of fused-ring (bicyclic) bond motifs is 1. The molecule has 4 rings (SSSR count). The highest BCUT2D eigenvalue weighted by Crippen LogP contribution is 2.33. The van der Waals surface area contributed by atoms with Crippen LogP contribution in [-0.4, -0.2) is 36.3 Å². The molecule has 2 aliphatic heterocycles. The molecule has 136 valence electrons. The van der Waals surface area contributed by atoms with Crippen molar-refractivity contribution in [2.45, 2.75) is 32.6 Å². The first-order valence-corrected chi connectivity index (χ1v) is 9.38. The van der Waals surface area contributed by atoms with Crippen LogP contribution < -0.4 is 4.90 Å². The quantitative estimate of drug-likeness (QED) is 0.832. The molecule has 0 saturated carbocycles. The van der Waals surface area contributed by atoms with E-state index in [1.165, 1.54) is 17.4 Å². The maximum atomic E-state index is 13.2. The minimum absolute atomic E-state index is 0.0128. The van der Waals surface area contributed by atoms with Gasteiger partial charge in [-0.1, -0.05) is 18.2 Å². The molecule has 1 aromatic heterocycles. The van der Waals surface area contributed by atoms with Crippen molar-refractivity contribution in [3.8, 4) is 0 Å². The Kier molecular flexibility index (Phi) is 4.53. The third kappa shape index (κ3) is 3.02. The van der Waals surface area contributed by atoms with E-state index in [0.717, 1.165) is 25.1 Å². The van der Waals surface area contributed by atoms with E-state index >= 15 is 0 Å². The summed E-state index contributed by atoms with van der Waals surface area (Å²) in [6, 6.07) is 9.69. The highest BCUT2D eigenvalue weighted by atomic mass is 16.3. The van der Waals surface area contributed by atoms with E-state index in [1.807, 2.05) is 4.90 Å². The van der Waals surface area contributed by atoms with Gasteiger partial charge in [0, 0.05) is 31.2 Å². The Morgan fingerprint density at radius 3 is 2.62 bits per heavy atom. The lowest BCUT2D eigenvalue weighted by Crippen LogP contribution is -2.46. The number of piperidine rings is 1. The molecule has 1 aromatic carbocycles. The van der Waals surface area contributed by atoms with Crippen molar-refractivity contribution < 1.29 is 14.0 Å². The molecular formula is C21H24N2O3. The van der Waals surface area contributed by atoms with Gasteiger partial charge >= 0.3 is 0 Å². The number of aryl methyl sites for hydroxylation is 2. The molecule has 0 unspecified atom stereocenters. The fraction of sp³-hybridized carbons (Fsp3) is 0.429. The number of amides is 2. The first-order chi connectivity index (χ1) is 12.6. The van der Waals surface area contributed by atoms with Gasteiger partial charge in [-0.3, -0.25) is 9.59 Å². The second kappa shape index (κ2) is 6.98. The van der Waals surface area contributed by atoms with Crippen LogP contribution in [0, 0.1) is 12.8 Å². The van der Waals surface area contributed by atoms with Crippen molar-refractivity contribution >= 4 is 17.5 Å². The van der Waals surface area contributed by atoms with Gasteiger partial charge in [0.15, 0.2) is 5.76 Å². The minimum Gasteiger partial charge on any atom is -0.459 e. The van der Waals surface area contributed by atoms with Crippen LogP contribution in [0.25, 0.3) is 0 Å². The van der Waals surface area contributed by atoms with E-state index in [9.17, 15) is 9.59 Å². The third-order valence-corrected chi connectivity index (χ3v) is 5.55. The van der Waals surface area contributed by atoms with Crippen molar-refractivity contribution in [1.29, 1.82) is 0 Å². The highest BCUT2D eigenvalue weighted by Gasteiger charge is 2.33. The Hall–Kier alpha value is -2.56. The second-order valence-corrected chi connectivity index (χ2v) is 7.22. The number of benzene rings is 1. The van der Waals surface area contributed by atoms with Crippen molar-refractivity contribution in [3.05, 3.63) is 53.5 Å². The zero-order valence-corrected chi connectivity index (χ0v) is 15.1. The highest BCUT2D eigenvalue weighted by molar-refractivity contribution is 5.97. The predicted molar refractivity (Wildman–Crippen MR) is 99.2 cm³/mol. The Labute approximate surface area is 153 Å². The van der Waals surface area contributed by atoms with Crippen molar-refractivity contribution in [1.82, 2.24) is 4.90 Å². The normalized spacial score (nSPS) is 17.9. The standard InChI is InChI=1S/C21H24N2O3/c1-15-5-2-6-16-7-3-11-23(19(15)16)20(24)17-9-12-22(13-10-17)21(25)18-8-4-14-26-18/h2,4-6,8,14,17H,3,7,9-13H2,1H3. The number of hydrogen-bond donors (Lipinski definition) is 0. The van der Waals surface area contributed by atoms with E-state index in [4.69, 9.17) is 4.42 Å². The fourth-order valence-electron chi connectivity index (χ4n) is 4.17. The van der Waals surface area contributed by atoms with E-state index in [0.29, 0.717) is 31.7 Å². The summed E-state index contributed by atoms with van der Waals surface area (Å²) < 4.78 is 5.20. The van der Waals surface area contributed by atoms with Gasteiger partial charge in [-0.05, 0) is 55.9 Å². The van der Waals surface area contributed by atoms with Crippen LogP contribution in [0.15, 0.2) is 41.0 Å². The van der Waals surface area contributed by atoms with Gasteiger partial charge in [0.05, 0.1) is 6.26 Å². The monoisotopic (exact) mass is 352 g/mol. The molecule has 0 radical (unpaired) electrons. The lowest BCUT2D eigenvalue weighted by atomic mass is 9.92. The Balaban J connectivity index is 1.44. The second-order valence-electron chi connectivity index (χ2n) is 7.22. The topological polar surface area (TPSA) is 53.8 Å². The fourth-order valence-corrected chi connectivity index (χ4v) is 4.17. The summed E-state index contributed by atoms with van der Waals surface area (Å²) >= 11 is 0. The van der Waals surface area contributed by atoms with Crippen LogP contribution >= 0.6 is 0 Å². The summed E-state index contributed by atoms with van der Waals surface area (Å²) in [6.07, 6.45) is 4.99. The van der Waals surface area contributed by atoms with Gasteiger partial charge in [-0.15, -0.1) is 0 Å². The molecule has 5 heteroatoms. The lowest BCUT2D eigenvalue weighted by molar-refractivity contribution is -0.123. The largest absolute Gasteiger partial charge is 0.459 e. The zero-order chi connectivity index (χ0) is 18.1. The Bertz CT molecular complexity index is 805. The number of para-hydroxylation sites is 1. The van der Waals surface area contributed by atoms with Crippen LogP contribution in [0.4, 0.5) is 5.69 Å². The molecule has 1 fully saturated rings. The SMILES string of the molecule is Cc1cccc2c1N(C(=O)C1CCN(C(=O)c3ccco3)CC1)CCC2. The van der Waals surface area contributed by atoms with Crippen LogP contribution in [0.2, 0.25) is 0 Å². The molecule has 2 aliphatic rings. The smallest absolute Gasteiger partial charge is 0.289 e. The van der Waals surface area contributed by atoms with Crippen molar-refractivity contribution in [2.75, 3.05) is 24.5 Å². The van der Waals surface area contributed by atoms with E-state index in [2.05, 4.69) is 25.1 Å². The summed E-state index contributed by atoms with van der Waals surface area (Å²) in [5.74, 6) is 0.488. The summed E-state index contributed by atoms with van der Waals surface area (Å²) in [4.78, 5) is 29.3. The van der Waals surface area contributed by atoms with Gasteiger partial charge in [-0.2, -0.15) is 0 Å². The van der Waals surface area contributed by atoms with Gasteiger partial charge < -0.3 is 14.2 Å². The molecule has 0 bridgehead atoms. The van der Waals surface area contributed by atoms with E-state index in [-0.39, 0.29) is 17.7 Å². The molecule has 2 aromatic rings. The summed E-state index contributed by atoms with van der Waals surface area (Å²) in [5.41, 5.74) is 3.55. The van der Waals surface area contributed by atoms with E-state index < -0.39 is 0 Å². The Morgan fingerprint density at radius 2 is 1.88 bits per heavy atom. The molecule has 0 atom stereocenters. The molecule has 0 aliphatic carbocycles.